The van der Waals surface area contributed by atoms with Crippen molar-refractivity contribution in [3.8, 4) is 0 Å². The fraction of sp³-hybridized carbons (Fsp3) is 1.00. The molecule has 2 atom stereocenters. The molecule has 0 amide bonds. The van der Waals surface area contributed by atoms with Crippen LogP contribution in [0.3, 0.4) is 0 Å². The summed E-state index contributed by atoms with van der Waals surface area (Å²) in [6.45, 7) is 11.5. The summed E-state index contributed by atoms with van der Waals surface area (Å²) in [7, 11) is 0. The molecule has 3 heteroatoms. The van der Waals surface area contributed by atoms with E-state index in [0.717, 1.165) is 17.9 Å². The summed E-state index contributed by atoms with van der Waals surface area (Å²) in [6, 6.07) is 0.897. The molecule has 3 aliphatic heterocycles. The van der Waals surface area contributed by atoms with Gasteiger partial charge >= 0.3 is 0 Å². The van der Waals surface area contributed by atoms with E-state index in [2.05, 4.69) is 22.0 Å². The first-order valence-electron chi connectivity index (χ1n) is 7.04. The molecular formula is C13H25N3. The molecule has 3 rings (SSSR count). The molecule has 0 aromatic rings. The number of hydrogen-bond donors (Lipinski definition) is 1. The average molecular weight is 223 g/mol. The van der Waals surface area contributed by atoms with Crippen LogP contribution in [-0.4, -0.2) is 61.7 Å². The van der Waals surface area contributed by atoms with Crippen LogP contribution in [0.25, 0.3) is 0 Å². The number of likely N-dealkylation sites (tertiary alicyclic amines) is 2. The van der Waals surface area contributed by atoms with Gasteiger partial charge in [-0.2, -0.15) is 0 Å². The Kier molecular flexibility index (Phi) is 3.18. The summed E-state index contributed by atoms with van der Waals surface area (Å²) in [5.74, 6) is 1.92. The normalized spacial score (nSPS) is 38.1. The monoisotopic (exact) mass is 223 g/mol. The predicted molar refractivity (Wildman–Crippen MR) is 66.6 cm³/mol. The fourth-order valence-corrected chi connectivity index (χ4v) is 3.79. The van der Waals surface area contributed by atoms with Crippen molar-refractivity contribution in [3.63, 3.8) is 0 Å². The Hall–Kier alpha value is -0.120. The van der Waals surface area contributed by atoms with Crippen LogP contribution in [-0.2, 0) is 0 Å². The largest absolute Gasteiger partial charge is 0.316 e. The SMILES string of the molecule is CCN1CCC(N2CC3CNCC3C2)CC1. The fourth-order valence-electron chi connectivity index (χ4n) is 3.79. The Morgan fingerprint density at radius 3 is 2.25 bits per heavy atom. The molecule has 0 spiro atoms. The van der Waals surface area contributed by atoms with Gasteiger partial charge < -0.3 is 10.2 Å². The molecular weight excluding hydrogens is 198 g/mol. The minimum atomic E-state index is 0.897. The molecule has 0 bridgehead atoms. The first-order chi connectivity index (χ1) is 7.86. The second-order valence-corrected chi connectivity index (χ2v) is 5.80. The molecule has 2 unspecified atom stereocenters. The number of rotatable bonds is 2. The molecule has 3 fully saturated rings. The summed E-state index contributed by atoms with van der Waals surface area (Å²) in [5, 5.41) is 3.53. The molecule has 92 valence electrons. The number of nitrogens with one attached hydrogen (secondary N) is 1. The molecule has 1 N–H and O–H groups in total. The van der Waals surface area contributed by atoms with Gasteiger partial charge in [0.05, 0.1) is 0 Å². The van der Waals surface area contributed by atoms with Gasteiger partial charge in [0.2, 0.25) is 0 Å². The summed E-state index contributed by atoms with van der Waals surface area (Å²) in [6.07, 6.45) is 2.81. The molecule has 0 radical (unpaired) electrons. The zero-order valence-electron chi connectivity index (χ0n) is 10.5. The number of hydrogen-bond acceptors (Lipinski definition) is 3. The highest BCUT2D eigenvalue weighted by Crippen LogP contribution is 2.30. The Morgan fingerprint density at radius 1 is 1.06 bits per heavy atom. The second-order valence-electron chi connectivity index (χ2n) is 5.80. The van der Waals surface area contributed by atoms with Gasteiger partial charge in [-0.15, -0.1) is 0 Å². The van der Waals surface area contributed by atoms with Crippen molar-refractivity contribution < 1.29 is 0 Å². The Bertz CT molecular complexity index is 223. The standard InChI is InChI=1S/C13H25N3/c1-2-15-5-3-13(4-6-15)16-9-11-7-14-8-12(11)10-16/h11-14H,2-10H2,1H3. The molecule has 3 nitrogen and oxygen atoms in total. The van der Waals surface area contributed by atoms with Gasteiger partial charge in [-0.25, -0.2) is 0 Å². The minimum absolute atomic E-state index is 0.897. The van der Waals surface area contributed by atoms with Gasteiger partial charge in [-0.3, -0.25) is 4.90 Å². The summed E-state index contributed by atoms with van der Waals surface area (Å²) in [4.78, 5) is 5.39. The molecule has 16 heavy (non-hydrogen) atoms. The molecule has 3 aliphatic rings. The van der Waals surface area contributed by atoms with Gasteiger partial charge in [0.1, 0.15) is 0 Å². The molecule has 0 saturated carbocycles. The van der Waals surface area contributed by atoms with Crippen LogP contribution < -0.4 is 5.32 Å². The van der Waals surface area contributed by atoms with Crippen LogP contribution in [0.1, 0.15) is 19.8 Å². The molecule has 0 aromatic heterocycles. The third kappa shape index (κ3) is 2.01. The molecule has 0 aromatic carbocycles. The lowest BCUT2D eigenvalue weighted by atomic mass is 10.0. The summed E-state index contributed by atoms with van der Waals surface area (Å²) in [5.41, 5.74) is 0. The Morgan fingerprint density at radius 2 is 1.69 bits per heavy atom. The Balaban J connectivity index is 1.52. The predicted octanol–water partition coefficient (Wildman–Crippen LogP) is 0.622. The first-order valence-corrected chi connectivity index (χ1v) is 7.04. The van der Waals surface area contributed by atoms with Crippen LogP contribution in [0, 0.1) is 11.8 Å². The zero-order valence-corrected chi connectivity index (χ0v) is 10.5. The van der Waals surface area contributed by atoms with Gasteiger partial charge in [0.15, 0.2) is 0 Å². The van der Waals surface area contributed by atoms with Crippen LogP contribution in [0.2, 0.25) is 0 Å². The third-order valence-corrected chi connectivity index (χ3v) is 4.94. The second kappa shape index (κ2) is 4.63. The maximum absolute atomic E-state index is 3.53. The number of piperidine rings is 1. The quantitative estimate of drug-likeness (QED) is 0.740. The molecule has 3 heterocycles. The summed E-state index contributed by atoms with van der Waals surface area (Å²) < 4.78 is 0. The maximum atomic E-state index is 3.53. The molecule has 0 aliphatic carbocycles. The van der Waals surface area contributed by atoms with Crippen molar-refractivity contribution in [2.24, 2.45) is 11.8 Å². The summed E-state index contributed by atoms with van der Waals surface area (Å²) >= 11 is 0. The highest BCUT2D eigenvalue weighted by molar-refractivity contribution is 4.94. The van der Waals surface area contributed by atoms with E-state index in [1.807, 2.05) is 0 Å². The lowest BCUT2D eigenvalue weighted by Gasteiger charge is -2.36. The maximum Gasteiger partial charge on any atom is 0.0120 e. The first kappa shape index (κ1) is 11.0. The van der Waals surface area contributed by atoms with E-state index in [0.29, 0.717) is 0 Å². The van der Waals surface area contributed by atoms with E-state index < -0.39 is 0 Å². The van der Waals surface area contributed by atoms with Crippen molar-refractivity contribution >= 4 is 0 Å². The third-order valence-electron chi connectivity index (χ3n) is 4.94. The van der Waals surface area contributed by atoms with Crippen LogP contribution in [0.4, 0.5) is 0 Å². The average Bonchev–Trinajstić information content (AvgIpc) is 2.89. The van der Waals surface area contributed by atoms with Crippen molar-refractivity contribution in [2.75, 3.05) is 45.8 Å². The van der Waals surface area contributed by atoms with Crippen molar-refractivity contribution in [2.45, 2.75) is 25.8 Å². The van der Waals surface area contributed by atoms with E-state index in [1.54, 1.807) is 0 Å². The van der Waals surface area contributed by atoms with E-state index >= 15 is 0 Å². The Labute approximate surface area is 99.2 Å². The minimum Gasteiger partial charge on any atom is -0.316 e. The van der Waals surface area contributed by atoms with Gasteiger partial charge in [0.25, 0.3) is 0 Å². The highest BCUT2D eigenvalue weighted by Gasteiger charge is 2.39. The van der Waals surface area contributed by atoms with Gasteiger partial charge in [-0.1, -0.05) is 6.92 Å². The highest BCUT2D eigenvalue weighted by atomic mass is 15.2. The molecule has 3 saturated heterocycles. The van der Waals surface area contributed by atoms with Crippen molar-refractivity contribution in [3.05, 3.63) is 0 Å². The van der Waals surface area contributed by atoms with E-state index in [1.165, 1.54) is 58.7 Å². The van der Waals surface area contributed by atoms with E-state index in [-0.39, 0.29) is 0 Å². The van der Waals surface area contributed by atoms with E-state index in [9.17, 15) is 0 Å². The van der Waals surface area contributed by atoms with Gasteiger partial charge in [-0.05, 0) is 57.4 Å². The van der Waals surface area contributed by atoms with Crippen LogP contribution in [0.15, 0.2) is 0 Å². The van der Waals surface area contributed by atoms with Crippen LogP contribution in [0.5, 0.6) is 0 Å². The zero-order chi connectivity index (χ0) is 11.0. The van der Waals surface area contributed by atoms with E-state index in [4.69, 9.17) is 0 Å². The lowest BCUT2D eigenvalue weighted by molar-refractivity contribution is 0.124. The van der Waals surface area contributed by atoms with Gasteiger partial charge in [0, 0.05) is 19.1 Å². The topological polar surface area (TPSA) is 18.5 Å². The smallest absolute Gasteiger partial charge is 0.0120 e. The van der Waals surface area contributed by atoms with Crippen LogP contribution >= 0.6 is 0 Å². The lowest BCUT2D eigenvalue weighted by Crippen LogP contribution is -2.44. The number of fused-ring (bicyclic) bond motifs is 1. The van der Waals surface area contributed by atoms with Crippen molar-refractivity contribution in [1.82, 2.24) is 15.1 Å². The van der Waals surface area contributed by atoms with Crippen molar-refractivity contribution in [1.29, 1.82) is 0 Å². The number of nitrogens with zero attached hydrogens (tertiary/aromatic N) is 2.